The number of carboxylic acids is 1. The molecule has 0 bridgehead atoms. The number of hydrogen-bond acceptors (Lipinski definition) is 4. The number of aromatic nitrogens is 2. The zero-order valence-corrected chi connectivity index (χ0v) is 12.1. The Morgan fingerprint density at radius 1 is 1.47 bits per heavy atom. The average Bonchev–Trinajstić information content (AvgIpc) is 2.32. The van der Waals surface area contributed by atoms with Crippen LogP contribution in [0.5, 0.6) is 11.8 Å². The fourth-order valence-electron chi connectivity index (χ4n) is 1.36. The van der Waals surface area contributed by atoms with Crippen molar-refractivity contribution in [1.29, 1.82) is 0 Å². The van der Waals surface area contributed by atoms with E-state index in [-0.39, 0.29) is 11.6 Å². The van der Waals surface area contributed by atoms with Crippen LogP contribution in [0, 0.1) is 6.92 Å². The standard InChI is InChI=1S/C12H8BrClN2O3/c1-6-8(11(17)18)5-15-12(16-6)19-10-3-2-7(13)4-9(10)14/h2-5H,1H3,(H,17,18). The van der Waals surface area contributed by atoms with Gasteiger partial charge in [0.1, 0.15) is 5.75 Å². The van der Waals surface area contributed by atoms with E-state index >= 15 is 0 Å². The van der Waals surface area contributed by atoms with E-state index in [1.165, 1.54) is 6.20 Å². The second kappa shape index (κ2) is 5.54. The van der Waals surface area contributed by atoms with Gasteiger partial charge in [0.2, 0.25) is 0 Å². The van der Waals surface area contributed by atoms with Gasteiger partial charge in [-0.15, -0.1) is 0 Å². The second-order valence-electron chi connectivity index (χ2n) is 3.63. The summed E-state index contributed by atoms with van der Waals surface area (Å²) >= 11 is 9.28. The zero-order valence-electron chi connectivity index (χ0n) is 9.72. The Morgan fingerprint density at radius 2 is 2.21 bits per heavy atom. The molecule has 0 aliphatic carbocycles. The highest BCUT2D eigenvalue weighted by Crippen LogP contribution is 2.30. The summed E-state index contributed by atoms with van der Waals surface area (Å²) in [5.41, 5.74) is 0.361. The van der Waals surface area contributed by atoms with Gasteiger partial charge in [-0.3, -0.25) is 0 Å². The molecule has 0 aliphatic rings. The van der Waals surface area contributed by atoms with E-state index in [1.807, 2.05) is 0 Å². The van der Waals surface area contributed by atoms with E-state index in [0.717, 1.165) is 4.47 Å². The van der Waals surface area contributed by atoms with Crippen molar-refractivity contribution in [3.05, 3.63) is 45.1 Å². The molecule has 0 fully saturated rings. The molecule has 1 N–H and O–H groups in total. The van der Waals surface area contributed by atoms with Crippen LogP contribution in [0.2, 0.25) is 5.02 Å². The van der Waals surface area contributed by atoms with Crippen LogP contribution in [0.15, 0.2) is 28.9 Å². The van der Waals surface area contributed by atoms with Crippen molar-refractivity contribution in [3.8, 4) is 11.8 Å². The summed E-state index contributed by atoms with van der Waals surface area (Å²) in [4.78, 5) is 18.6. The lowest BCUT2D eigenvalue weighted by Crippen LogP contribution is -2.04. The topological polar surface area (TPSA) is 72.3 Å². The highest BCUT2D eigenvalue weighted by atomic mass is 79.9. The molecule has 7 heteroatoms. The molecule has 0 radical (unpaired) electrons. The number of nitrogens with zero attached hydrogens (tertiary/aromatic N) is 2. The summed E-state index contributed by atoms with van der Waals surface area (Å²) in [6.45, 7) is 1.57. The Hall–Kier alpha value is -1.66. The summed E-state index contributed by atoms with van der Waals surface area (Å²) in [5.74, 6) is -0.682. The van der Waals surface area contributed by atoms with Gasteiger partial charge in [0, 0.05) is 10.7 Å². The van der Waals surface area contributed by atoms with E-state index in [0.29, 0.717) is 16.5 Å². The predicted octanol–water partition coefficient (Wildman–Crippen LogP) is 3.69. The number of aromatic carboxylic acids is 1. The highest BCUT2D eigenvalue weighted by Gasteiger charge is 2.12. The average molecular weight is 344 g/mol. The van der Waals surface area contributed by atoms with Crippen LogP contribution in [-0.4, -0.2) is 21.0 Å². The quantitative estimate of drug-likeness (QED) is 0.920. The molecule has 0 aliphatic heterocycles. The molecule has 19 heavy (non-hydrogen) atoms. The molecule has 5 nitrogen and oxygen atoms in total. The normalized spacial score (nSPS) is 10.3. The minimum Gasteiger partial charge on any atom is -0.478 e. The maximum atomic E-state index is 10.8. The van der Waals surface area contributed by atoms with Crippen molar-refractivity contribution < 1.29 is 14.6 Å². The SMILES string of the molecule is Cc1nc(Oc2ccc(Br)cc2Cl)ncc1C(=O)O. The summed E-state index contributed by atoms with van der Waals surface area (Å²) in [7, 11) is 0. The molecule has 0 amide bonds. The van der Waals surface area contributed by atoms with E-state index in [4.69, 9.17) is 21.4 Å². The van der Waals surface area contributed by atoms with Crippen LogP contribution in [0.3, 0.4) is 0 Å². The van der Waals surface area contributed by atoms with Crippen molar-refractivity contribution in [2.24, 2.45) is 0 Å². The lowest BCUT2D eigenvalue weighted by Gasteiger charge is -2.07. The fraction of sp³-hybridized carbons (Fsp3) is 0.0833. The Kier molecular flexibility index (Phi) is 4.01. The van der Waals surface area contributed by atoms with Gasteiger partial charge in [0.05, 0.1) is 16.3 Å². The van der Waals surface area contributed by atoms with Gasteiger partial charge in [-0.25, -0.2) is 9.78 Å². The van der Waals surface area contributed by atoms with Gasteiger partial charge in [0.25, 0.3) is 0 Å². The molecular weight excluding hydrogens is 336 g/mol. The monoisotopic (exact) mass is 342 g/mol. The van der Waals surface area contributed by atoms with Crippen LogP contribution in [0.1, 0.15) is 16.1 Å². The molecular formula is C12H8BrClN2O3. The van der Waals surface area contributed by atoms with Gasteiger partial charge in [-0.05, 0) is 25.1 Å². The van der Waals surface area contributed by atoms with Crippen molar-refractivity contribution in [2.75, 3.05) is 0 Å². The number of rotatable bonds is 3. The number of hydrogen-bond donors (Lipinski definition) is 1. The third kappa shape index (κ3) is 3.21. The van der Waals surface area contributed by atoms with Crippen molar-refractivity contribution >= 4 is 33.5 Å². The number of carboxylic acid groups (broad SMARTS) is 1. The number of benzene rings is 1. The molecule has 0 atom stereocenters. The Labute approximate surface area is 122 Å². The maximum absolute atomic E-state index is 10.8. The van der Waals surface area contributed by atoms with E-state index in [9.17, 15) is 4.79 Å². The van der Waals surface area contributed by atoms with Crippen LogP contribution in [0.4, 0.5) is 0 Å². The lowest BCUT2D eigenvalue weighted by atomic mass is 10.2. The van der Waals surface area contributed by atoms with E-state index in [1.54, 1.807) is 25.1 Å². The third-order valence-electron chi connectivity index (χ3n) is 2.28. The van der Waals surface area contributed by atoms with Crippen molar-refractivity contribution in [2.45, 2.75) is 6.92 Å². The zero-order chi connectivity index (χ0) is 14.0. The maximum Gasteiger partial charge on any atom is 0.339 e. The fourth-order valence-corrected chi connectivity index (χ4v) is 2.07. The van der Waals surface area contributed by atoms with Crippen LogP contribution < -0.4 is 4.74 Å². The predicted molar refractivity (Wildman–Crippen MR) is 73.0 cm³/mol. The first-order valence-corrected chi connectivity index (χ1v) is 6.34. The first-order chi connectivity index (χ1) is 8.97. The van der Waals surface area contributed by atoms with E-state index in [2.05, 4.69) is 25.9 Å². The van der Waals surface area contributed by atoms with Gasteiger partial charge < -0.3 is 9.84 Å². The molecule has 1 aromatic carbocycles. The summed E-state index contributed by atoms with van der Waals surface area (Å²) in [6.07, 6.45) is 1.20. The molecule has 1 aromatic heterocycles. The number of halogens is 2. The molecule has 2 rings (SSSR count). The van der Waals surface area contributed by atoms with Crippen molar-refractivity contribution in [3.63, 3.8) is 0 Å². The molecule has 98 valence electrons. The van der Waals surface area contributed by atoms with Gasteiger partial charge in [-0.1, -0.05) is 27.5 Å². The highest BCUT2D eigenvalue weighted by molar-refractivity contribution is 9.10. The molecule has 1 heterocycles. The Balaban J connectivity index is 2.29. The van der Waals surface area contributed by atoms with Crippen LogP contribution in [0.25, 0.3) is 0 Å². The molecule has 0 saturated carbocycles. The largest absolute Gasteiger partial charge is 0.478 e. The van der Waals surface area contributed by atoms with Gasteiger partial charge in [0.15, 0.2) is 0 Å². The minimum absolute atomic E-state index is 0.0363. The minimum atomic E-state index is -1.08. The number of carbonyl (C=O) groups is 1. The molecule has 2 aromatic rings. The Bertz CT molecular complexity index is 649. The van der Waals surface area contributed by atoms with E-state index < -0.39 is 5.97 Å². The smallest absolute Gasteiger partial charge is 0.339 e. The van der Waals surface area contributed by atoms with Gasteiger partial charge >= 0.3 is 12.0 Å². The third-order valence-corrected chi connectivity index (χ3v) is 3.07. The number of ether oxygens (including phenoxy) is 1. The molecule has 0 spiro atoms. The first kappa shape index (κ1) is 13.8. The summed E-state index contributed by atoms with van der Waals surface area (Å²) in [5, 5.41) is 9.27. The van der Waals surface area contributed by atoms with Crippen LogP contribution >= 0.6 is 27.5 Å². The van der Waals surface area contributed by atoms with Gasteiger partial charge in [-0.2, -0.15) is 4.98 Å². The summed E-state index contributed by atoms with van der Waals surface area (Å²) in [6, 6.07) is 5.15. The number of aryl methyl sites for hydroxylation is 1. The lowest BCUT2D eigenvalue weighted by molar-refractivity contribution is 0.0695. The molecule has 0 saturated heterocycles. The van der Waals surface area contributed by atoms with Crippen molar-refractivity contribution in [1.82, 2.24) is 9.97 Å². The first-order valence-electron chi connectivity index (χ1n) is 5.17. The Morgan fingerprint density at radius 3 is 2.79 bits per heavy atom. The summed E-state index contributed by atoms with van der Waals surface area (Å²) < 4.78 is 6.23. The van der Waals surface area contributed by atoms with Crippen LogP contribution in [-0.2, 0) is 0 Å². The molecule has 0 unspecified atom stereocenters. The second-order valence-corrected chi connectivity index (χ2v) is 4.96.